The molecule has 0 heterocycles. The molecule has 20 heavy (non-hydrogen) atoms. The molecule has 5 nitrogen and oxygen atoms in total. The Balaban J connectivity index is 2.04. The second-order valence-corrected chi connectivity index (χ2v) is 4.43. The summed E-state index contributed by atoms with van der Waals surface area (Å²) in [6.45, 7) is 1.31. The lowest BCUT2D eigenvalue weighted by Crippen LogP contribution is -2.35. The minimum Gasteiger partial charge on any atom is -0.384 e. The van der Waals surface area contributed by atoms with E-state index in [2.05, 4.69) is 10.6 Å². The molecule has 0 atom stereocenters. The molecule has 0 saturated heterocycles. The van der Waals surface area contributed by atoms with Gasteiger partial charge < -0.3 is 15.4 Å². The number of benzene rings is 1. The van der Waals surface area contributed by atoms with Crippen LogP contribution in [0.3, 0.4) is 0 Å². The number of nitrogens with one attached hydrogen (secondary N) is 2. The van der Waals surface area contributed by atoms with Crippen molar-refractivity contribution in [3.63, 3.8) is 0 Å². The molecule has 0 aliphatic carbocycles. The third-order valence-corrected chi connectivity index (χ3v) is 2.79. The Morgan fingerprint density at radius 1 is 1.00 bits per heavy atom. The van der Waals surface area contributed by atoms with E-state index in [-0.39, 0.29) is 11.8 Å². The molecule has 0 spiro atoms. The summed E-state index contributed by atoms with van der Waals surface area (Å²) in [5, 5.41) is 5.49. The molecule has 1 aromatic carbocycles. The van der Waals surface area contributed by atoms with Crippen molar-refractivity contribution < 1.29 is 14.3 Å². The monoisotopic (exact) mass is 278 g/mol. The Morgan fingerprint density at radius 2 is 1.60 bits per heavy atom. The first kappa shape index (κ1) is 16.2. The van der Waals surface area contributed by atoms with E-state index in [0.717, 1.165) is 12.0 Å². The van der Waals surface area contributed by atoms with Gasteiger partial charge in [0.2, 0.25) is 11.8 Å². The Hall–Kier alpha value is -1.88. The lowest BCUT2D eigenvalue weighted by atomic mass is 10.1. The molecule has 1 rings (SSSR count). The zero-order valence-electron chi connectivity index (χ0n) is 11.9. The molecular weight excluding hydrogens is 256 g/mol. The summed E-state index contributed by atoms with van der Waals surface area (Å²) in [6, 6.07) is 9.88. The minimum absolute atomic E-state index is 0.00000596. The van der Waals surface area contributed by atoms with Gasteiger partial charge in [-0.3, -0.25) is 9.59 Å². The summed E-state index contributed by atoms with van der Waals surface area (Å²) in [7, 11) is 1.56. The number of carbonyl (C=O) groups excluding carboxylic acids is 2. The van der Waals surface area contributed by atoms with Crippen LogP contribution in [0.2, 0.25) is 0 Å². The van der Waals surface area contributed by atoms with Gasteiger partial charge in [0.1, 0.15) is 0 Å². The van der Waals surface area contributed by atoms with Crippen LogP contribution in [0.5, 0.6) is 0 Å². The number of methoxy groups -OCH3 is 1. The number of hydrogen-bond donors (Lipinski definition) is 2. The number of ether oxygens (including phenoxy) is 1. The predicted molar refractivity (Wildman–Crippen MR) is 77.3 cm³/mol. The molecular formula is C15H22N2O3. The van der Waals surface area contributed by atoms with Crippen molar-refractivity contribution in [2.45, 2.75) is 19.3 Å². The van der Waals surface area contributed by atoms with E-state index in [0.29, 0.717) is 32.5 Å². The third kappa shape index (κ3) is 7.53. The van der Waals surface area contributed by atoms with Crippen molar-refractivity contribution >= 4 is 11.8 Å². The van der Waals surface area contributed by atoms with E-state index in [1.807, 2.05) is 30.3 Å². The van der Waals surface area contributed by atoms with Gasteiger partial charge in [-0.05, 0) is 12.0 Å². The highest BCUT2D eigenvalue weighted by Crippen LogP contribution is 2.01. The summed E-state index contributed by atoms with van der Waals surface area (Å²) in [6.07, 6.45) is 1.53. The largest absolute Gasteiger partial charge is 0.384 e. The van der Waals surface area contributed by atoms with Gasteiger partial charge in [-0.1, -0.05) is 30.3 Å². The van der Waals surface area contributed by atoms with Gasteiger partial charge in [0.05, 0.1) is 6.61 Å². The van der Waals surface area contributed by atoms with Gasteiger partial charge in [-0.25, -0.2) is 0 Å². The minimum atomic E-state index is -0.0645. The summed E-state index contributed by atoms with van der Waals surface area (Å²) in [5.41, 5.74) is 1.15. The molecule has 0 aromatic heterocycles. The lowest BCUT2D eigenvalue weighted by Gasteiger charge is -2.07. The van der Waals surface area contributed by atoms with E-state index >= 15 is 0 Å². The standard InChI is InChI=1S/C15H22N2O3/c1-20-12-9-15(19)17-11-10-16-14(18)8-7-13-5-3-2-4-6-13/h2-6H,7-12H2,1H3,(H,16,18)(H,17,19). The number of aryl methyl sites for hydroxylation is 1. The lowest BCUT2D eigenvalue weighted by molar-refractivity contribution is -0.123. The van der Waals surface area contributed by atoms with Gasteiger partial charge in [-0.15, -0.1) is 0 Å². The van der Waals surface area contributed by atoms with Gasteiger partial charge in [0, 0.05) is 33.0 Å². The molecule has 0 saturated carbocycles. The summed E-state index contributed by atoms with van der Waals surface area (Å²) in [4.78, 5) is 22.8. The molecule has 5 heteroatoms. The van der Waals surface area contributed by atoms with E-state index in [1.54, 1.807) is 7.11 Å². The maximum Gasteiger partial charge on any atom is 0.222 e. The normalized spacial score (nSPS) is 10.1. The highest BCUT2D eigenvalue weighted by Gasteiger charge is 2.03. The zero-order valence-corrected chi connectivity index (χ0v) is 11.9. The number of carbonyl (C=O) groups is 2. The quantitative estimate of drug-likeness (QED) is 0.659. The predicted octanol–water partition coefficient (Wildman–Crippen LogP) is 0.888. The summed E-state index contributed by atoms with van der Waals surface area (Å²) in [5.74, 6) is -0.0645. The van der Waals surface area contributed by atoms with Crippen LogP contribution < -0.4 is 10.6 Å². The van der Waals surface area contributed by atoms with Crippen molar-refractivity contribution in [2.24, 2.45) is 0 Å². The molecule has 110 valence electrons. The van der Waals surface area contributed by atoms with Crippen molar-refractivity contribution in [3.05, 3.63) is 35.9 Å². The first-order valence-corrected chi connectivity index (χ1v) is 6.78. The Morgan fingerprint density at radius 3 is 2.20 bits per heavy atom. The topological polar surface area (TPSA) is 67.4 Å². The number of amides is 2. The van der Waals surface area contributed by atoms with E-state index in [9.17, 15) is 9.59 Å². The van der Waals surface area contributed by atoms with Crippen LogP contribution in [0.4, 0.5) is 0 Å². The van der Waals surface area contributed by atoms with Crippen LogP contribution in [0.1, 0.15) is 18.4 Å². The number of rotatable bonds is 9. The highest BCUT2D eigenvalue weighted by atomic mass is 16.5. The molecule has 2 N–H and O–H groups in total. The SMILES string of the molecule is COCCC(=O)NCCNC(=O)CCc1ccccc1. The fourth-order valence-corrected chi connectivity index (χ4v) is 1.68. The van der Waals surface area contributed by atoms with Crippen LogP contribution in [-0.2, 0) is 20.7 Å². The van der Waals surface area contributed by atoms with Crippen molar-refractivity contribution in [3.8, 4) is 0 Å². The fourth-order valence-electron chi connectivity index (χ4n) is 1.68. The van der Waals surface area contributed by atoms with Crippen LogP contribution in [0.15, 0.2) is 30.3 Å². The van der Waals surface area contributed by atoms with Crippen LogP contribution in [-0.4, -0.2) is 38.6 Å². The summed E-state index contributed by atoms with van der Waals surface area (Å²) >= 11 is 0. The molecule has 0 aliphatic rings. The fraction of sp³-hybridized carbons (Fsp3) is 0.467. The molecule has 2 amide bonds. The highest BCUT2D eigenvalue weighted by molar-refractivity contribution is 5.77. The zero-order chi connectivity index (χ0) is 14.6. The van der Waals surface area contributed by atoms with Crippen LogP contribution >= 0.6 is 0 Å². The maximum atomic E-state index is 11.6. The van der Waals surface area contributed by atoms with Crippen molar-refractivity contribution in [1.82, 2.24) is 10.6 Å². The van der Waals surface area contributed by atoms with E-state index in [1.165, 1.54) is 0 Å². The summed E-state index contributed by atoms with van der Waals surface area (Å²) < 4.78 is 4.80. The van der Waals surface area contributed by atoms with Crippen LogP contribution in [0.25, 0.3) is 0 Å². The Labute approximate surface area is 119 Å². The van der Waals surface area contributed by atoms with Crippen LogP contribution in [0, 0.1) is 0 Å². The van der Waals surface area contributed by atoms with E-state index < -0.39 is 0 Å². The smallest absolute Gasteiger partial charge is 0.222 e. The number of hydrogen-bond acceptors (Lipinski definition) is 3. The molecule has 0 unspecified atom stereocenters. The average Bonchev–Trinajstić information content (AvgIpc) is 2.48. The molecule has 0 radical (unpaired) electrons. The second-order valence-electron chi connectivity index (χ2n) is 4.43. The molecule has 1 aromatic rings. The molecule has 0 aliphatic heterocycles. The molecule has 0 fully saturated rings. The van der Waals surface area contributed by atoms with Gasteiger partial charge >= 0.3 is 0 Å². The Bertz CT molecular complexity index is 407. The third-order valence-electron chi connectivity index (χ3n) is 2.79. The average molecular weight is 278 g/mol. The van der Waals surface area contributed by atoms with E-state index in [4.69, 9.17) is 4.74 Å². The van der Waals surface area contributed by atoms with Crippen molar-refractivity contribution in [1.29, 1.82) is 0 Å². The van der Waals surface area contributed by atoms with Crippen molar-refractivity contribution in [2.75, 3.05) is 26.8 Å². The molecule has 0 bridgehead atoms. The first-order chi connectivity index (χ1) is 9.72. The Kier molecular flexibility index (Phi) is 8.07. The maximum absolute atomic E-state index is 11.6. The van der Waals surface area contributed by atoms with Gasteiger partial charge in [-0.2, -0.15) is 0 Å². The van der Waals surface area contributed by atoms with Gasteiger partial charge in [0.15, 0.2) is 0 Å². The van der Waals surface area contributed by atoms with Gasteiger partial charge in [0.25, 0.3) is 0 Å². The second kappa shape index (κ2) is 9.97. The first-order valence-electron chi connectivity index (χ1n) is 6.78.